The molecule has 6 nitrogen and oxygen atoms in total. The molecular formula is C17H19N5O. The van der Waals surface area contributed by atoms with Gasteiger partial charge in [-0.1, -0.05) is 23.8 Å². The summed E-state index contributed by atoms with van der Waals surface area (Å²) in [6.45, 7) is 3.18. The average Bonchev–Trinajstić information content (AvgIpc) is 3.14. The van der Waals surface area contributed by atoms with Gasteiger partial charge >= 0.3 is 0 Å². The smallest absolute Gasteiger partial charge is 0.230 e. The zero-order valence-electron chi connectivity index (χ0n) is 13.3. The molecule has 2 aromatic rings. The molecule has 1 aromatic heterocycles. The molecule has 6 heteroatoms. The molecule has 118 valence electrons. The zero-order valence-corrected chi connectivity index (χ0v) is 13.3. The molecule has 1 aromatic carbocycles. The van der Waals surface area contributed by atoms with Crippen LogP contribution in [0.15, 0.2) is 30.3 Å². The molecule has 0 bridgehead atoms. The SMILES string of the molecule is Cc1cccc(-c2cc(NC(=O)C3CCN(C#N)C3)nn2C)c1. The van der Waals surface area contributed by atoms with Gasteiger partial charge in [0.2, 0.25) is 5.91 Å². The molecule has 2 heterocycles. The minimum absolute atomic E-state index is 0.0726. The van der Waals surface area contributed by atoms with E-state index in [0.29, 0.717) is 25.3 Å². The largest absolute Gasteiger partial charge is 0.310 e. The van der Waals surface area contributed by atoms with Crippen LogP contribution in [0.1, 0.15) is 12.0 Å². The average molecular weight is 309 g/mol. The van der Waals surface area contributed by atoms with Crippen LogP contribution in [0.2, 0.25) is 0 Å². The minimum atomic E-state index is -0.154. The number of nitrogens with zero attached hydrogens (tertiary/aromatic N) is 4. The lowest BCUT2D eigenvalue weighted by atomic mass is 10.1. The van der Waals surface area contributed by atoms with Crippen molar-refractivity contribution in [2.75, 3.05) is 18.4 Å². The highest BCUT2D eigenvalue weighted by Crippen LogP contribution is 2.24. The highest BCUT2D eigenvalue weighted by atomic mass is 16.2. The summed E-state index contributed by atoms with van der Waals surface area (Å²) in [4.78, 5) is 13.9. The Morgan fingerprint density at radius 3 is 2.96 bits per heavy atom. The number of carbonyl (C=O) groups is 1. The quantitative estimate of drug-likeness (QED) is 0.882. The minimum Gasteiger partial charge on any atom is -0.310 e. The van der Waals surface area contributed by atoms with Gasteiger partial charge in [0.25, 0.3) is 0 Å². The Morgan fingerprint density at radius 2 is 2.26 bits per heavy atom. The predicted octanol–water partition coefficient (Wildman–Crippen LogP) is 2.14. The Kier molecular flexibility index (Phi) is 4.02. The number of amides is 1. The standard InChI is InChI=1S/C17H19N5O/c1-12-4-3-5-13(8-12)15-9-16(20-21(15)2)19-17(23)14-6-7-22(10-14)11-18/h3-5,8-9,14H,6-7,10H2,1-2H3,(H,19,20,23). The van der Waals surface area contributed by atoms with E-state index in [1.54, 1.807) is 9.58 Å². The summed E-state index contributed by atoms with van der Waals surface area (Å²) in [6, 6.07) is 10.0. The number of rotatable bonds is 3. The third-order valence-electron chi connectivity index (χ3n) is 4.15. The Balaban J connectivity index is 1.74. The highest BCUT2D eigenvalue weighted by Gasteiger charge is 2.28. The van der Waals surface area contributed by atoms with Crippen molar-refractivity contribution in [3.63, 3.8) is 0 Å². The molecule has 1 unspecified atom stereocenters. The van der Waals surface area contributed by atoms with E-state index >= 15 is 0 Å². The van der Waals surface area contributed by atoms with E-state index in [1.807, 2.05) is 38.2 Å². The predicted molar refractivity (Wildman–Crippen MR) is 87.3 cm³/mol. The maximum atomic E-state index is 12.3. The fourth-order valence-electron chi connectivity index (χ4n) is 2.90. The topological polar surface area (TPSA) is 74.0 Å². The van der Waals surface area contributed by atoms with Crippen molar-refractivity contribution >= 4 is 11.7 Å². The first-order chi connectivity index (χ1) is 11.1. The van der Waals surface area contributed by atoms with Crippen molar-refractivity contribution in [3.05, 3.63) is 35.9 Å². The van der Waals surface area contributed by atoms with Crippen molar-refractivity contribution in [1.82, 2.24) is 14.7 Å². The Bertz CT molecular complexity index is 774. The van der Waals surface area contributed by atoms with Gasteiger partial charge in [0.15, 0.2) is 12.0 Å². The second-order valence-corrected chi connectivity index (χ2v) is 5.93. The van der Waals surface area contributed by atoms with Gasteiger partial charge in [-0.3, -0.25) is 9.48 Å². The Hall–Kier alpha value is -2.81. The van der Waals surface area contributed by atoms with E-state index in [0.717, 1.165) is 11.3 Å². The number of nitrogens with one attached hydrogen (secondary N) is 1. The first-order valence-corrected chi connectivity index (χ1v) is 7.63. The van der Waals surface area contributed by atoms with Gasteiger partial charge in [0.1, 0.15) is 0 Å². The van der Waals surface area contributed by atoms with Gasteiger partial charge in [-0.2, -0.15) is 10.4 Å². The summed E-state index contributed by atoms with van der Waals surface area (Å²) in [5, 5.41) is 16.1. The van der Waals surface area contributed by atoms with Crippen molar-refractivity contribution in [1.29, 1.82) is 5.26 Å². The van der Waals surface area contributed by atoms with Gasteiger partial charge < -0.3 is 10.2 Å². The van der Waals surface area contributed by atoms with Gasteiger partial charge in [0, 0.05) is 31.8 Å². The summed E-state index contributed by atoms with van der Waals surface area (Å²) in [7, 11) is 1.86. The van der Waals surface area contributed by atoms with E-state index in [9.17, 15) is 4.79 Å². The Morgan fingerprint density at radius 1 is 1.43 bits per heavy atom. The number of anilines is 1. The van der Waals surface area contributed by atoms with Gasteiger partial charge in [-0.25, -0.2) is 0 Å². The summed E-state index contributed by atoms with van der Waals surface area (Å²) < 4.78 is 1.76. The molecule has 1 atom stereocenters. The van der Waals surface area contributed by atoms with Crippen LogP contribution < -0.4 is 5.32 Å². The monoisotopic (exact) mass is 309 g/mol. The van der Waals surface area contributed by atoms with Crippen LogP contribution in [0.3, 0.4) is 0 Å². The van der Waals surface area contributed by atoms with Crippen LogP contribution in [0.5, 0.6) is 0 Å². The van der Waals surface area contributed by atoms with Crippen molar-refractivity contribution in [3.8, 4) is 17.5 Å². The third kappa shape index (κ3) is 3.19. The molecular weight excluding hydrogens is 290 g/mol. The molecule has 23 heavy (non-hydrogen) atoms. The number of hydrogen-bond donors (Lipinski definition) is 1. The maximum Gasteiger partial charge on any atom is 0.230 e. The second kappa shape index (κ2) is 6.13. The fraction of sp³-hybridized carbons (Fsp3) is 0.353. The normalized spacial score (nSPS) is 17.1. The van der Waals surface area contributed by atoms with Crippen molar-refractivity contribution in [2.45, 2.75) is 13.3 Å². The molecule has 0 aliphatic carbocycles. The van der Waals surface area contributed by atoms with Crippen LogP contribution in [-0.4, -0.2) is 33.7 Å². The molecule has 3 rings (SSSR count). The van der Waals surface area contributed by atoms with Crippen LogP contribution >= 0.6 is 0 Å². The van der Waals surface area contributed by atoms with E-state index in [-0.39, 0.29) is 11.8 Å². The van der Waals surface area contributed by atoms with Crippen LogP contribution in [-0.2, 0) is 11.8 Å². The summed E-state index contributed by atoms with van der Waals surface area (Å²) in [6.07, 6.45) is 2.79. The second-order valence-electron chi connectivity index (χ2n) is 5.93. The molecule has 0 saturated carbocycles. The molecule has 1 aliphatic heterocycles. The first kappa shape index (κ1) is 15.1. The number of nitriles is 1. The molecule has 1 amide bonds. The lowest BCUT2D eigenvalue weighted by Gasteiger charge is -2.08. The number of aryl methyl sites for hydroxylation is 2. The van der Waals surface area contributed by atoms with Crippen LogP contribution in [0.4, 0.5) is 5.82 Å². The lowest BCUT2D eigenvalue weighted by molar-refractivity contribution is -0.119. The van der Waals surface area contributed by atoms with Crippen LogP contribution in [0, 0.1) is 24.3 Å². The molecule has 1 N–H and O–H groups in total. The highest BCUT2D eigenvalue weighted by molar-refractivity contribution is 5.92. The summed E-state index contributed by atoms with van der Waals surface area (Å²) >= 11 is 0. The van der Waals surface area contributed by atoms with Gasteiger partial charge in [-0.15, -0.1) is 0 Å². The number of benzene rings is 1. The van der Waals surface area contributed by atoms with E-state index in [1.165, 1.54) is 5.56 Å². The summed E-state index contributed by atoms with van der Waals surface area (Å²) in [5.74, 6) is 0.320. The maximum absolute atomic E-state index is 12.3. The molecule has 1 saturated heterocycles. The lowest BCUT2D eigenvalue weighted by Crippen LogP contribution is -2.25. The van der Waals surface area contributed by atoms with E-state index in [4.69, 9.17) is 5.26 Å². The summed E-state index contributed by atoms with van der Waals surface area (Å²) in [5.41, 5.74) is 3.20. The van der Waals surface area contributed by atoms with Crippen molar-refractivity contribution < 1.29 is 4.79 Å². The van der Waals surface area contributed by atoms with E-state index in [2.05, 4.69) is 22.7 Å². The van der Waals surface area contributed by atoms with Gasteiger partial charge in [0.05, 0.1) is 11.6 Å². The molecule has 1 aliphatic rings. The van der Waals surface area contributed by atoms with Crippen LogP contribution in [0.25, 0.3) is 11.3 Å². The molecule has 0 spiro atoms. The molecule has 1 fully saturated rings. The first-order valence-electron chi connectivity index (χ1n) is 7.63. The third-order valence-corrected chi connectivity index (χ3v) is 4.15. The van der Waals surface area contributed by atoms with Gasteiger partial charge in [-0.05, 0) is 19.4 Å². The fourth-order valence-corrected chi connectivity index (χ4v) is 2.90. The number of aromatic nitrogens is 2. The number of carbonyl (C=O) groups excluding carboxylic acids is 1. The number of hydrogen-bond acceptors (Lipinski definition) is 4. The zero-order chi connectivity index (χ0) is 16.4. The van der Waals surface area contributed by atoms with Crippen molar-refractivity contribution in [2.24, 2.45) is 13.0 Å². The number of likely N-dealkylation sites (tertiary alicyclic amines) is 1. The molecule has 0 radical (unpaired) electrons. The van der Waals surface area contributed by atoms with E-state index < -0.39 is 0 Å². The Labute approximate surface area is 135 Å².